The molecule has 40 heavy (non-hydrogen) atoms. The van der Waals surface area contributed by atoms with Crippen molar-refractivity contribution < 1.29 is 60.4 Å². The molecule has 1 atom stereocenters. The van der Waals surface area contributed by atoms with Gasteiger partial charge in [-0.1, -0.05) is 6.07 Å². The molecule has 1 amide bonds. The number of amides is 1. The normalized spacial score (nSPS) is 20.1. The van der Waals surface area contributed by atoms with Gasteiger partial charge >= 0.3 is 24.3 Å². The van der Waals surface area contributed by atoms with Gasteiger partial charge in [0, 0.05) is 30.7 Å². The molecule has 10 nitrogen and oxygen atoms in total. The minimum absolute atomic E-state index is 0.0120. The summed E-state index contributed by atoms with van der Waals surface area (Å²) >= 11 is 1.64. The summed E-state index contributed by atoms with van der Waals surface area (Å²) in [5.41, 5.74) is 0.527. The average molecular weight is 602 g/mol. The SMILES string of the molecule is Cc1ccc(N2CC3(COCCN(Cc4ccccn4)C3)OCC2=O)s1.O=C(O)C(F)(F)F.O=C(O)C(F)(F)F. The summed E-state index contributed by atoms with van der Waals surface area (Å²) in [4.78, 5) is 40.0. The Labute approximate surface area is 227 Å². The highest BCUT2D eigenvalue weighted by Crippen LogP contribution is 2.32. The lowest BCUT2D eigenvalue weighted by Gasteiger charge is -2.42. The number of carbonyl (C=O) groups excluding carboxylic acids is 1. The van der Waals surface area contributed by atoms with E-state index in [0.29, 0.717) is 19.8 Å². The van der Waals surface area contributed by atoms with Crippen molar-refractivity contribution in [1.82, 2.24) is 9.88 Å². The van der Waals surface area contributed by atoms with Crippen molar-refractivity contribution in [2.75, 3.05) is 44.4 Å². The Morgan fingerprint density at radius 3 is 2.17 bits per heavy atom. The van der Waals surface area contributed by atoms with E-state index in [2.05, 4.69) is 16.8 Å². The zero-order valence-corrected chi connectivity index (χ0v) is 21.7. The van der Waals surface area contributed by atoms with Crippen LogP contribution in [0.15, 0.2) is 36.5 Å². The van der Waals surface area contributed by atoms with Crippen molar-refractivity contribution in [3.63, 3.8) is 0 Å². The number of aryl methyl sites for hydroxylation is 1. The van der Waals surface area contributed by atoms with Crippen LogP contribution < -0.4 is 4.90 Å². The molecule has 1 spiro atoms. The molecular weight excluding hydrogens is 576 g/mol. The highest BCUT2D eigenvalue weighted by molar-refractivity contribution is 7.16. The summed E-state index contributed by atoms with van der Waals surface area (Å²) in [6, 6.07) is 10.0. The zero-order chi connectivity index (χ0) is 30.1. The van der Waals surface area contributed by atoms with E-state index in [9.17, 15) is 31.1 Å². The fourth-order valence-electron chi connectivity index (χ4n) is 3.50. The van der Waals surface area contributed by atoms with E-state index in [1.807, 2.05) is 41.4 Å². The lowest BCUT2D eigenvalue weighted by Crippen LogP contribution is -2.60. The average Bonchev–Trinajstić information content (AvgIpc) is 3.20. The van der Waals surface area contributed by atoms with Crippen LogP contribution in [0, 0.1) is 6.92 Å². The number of ether oxygens (including phenoxy) is 2. The van der Waals surface area contributed by atoms with Crippen LogP contribution in [0.25, 0.3) is 0 Å². The molecule has 2 aromatic heterocycles. The van der Waals surface area contributed by atoms with E-state index in [1.54, 1.807) is 11.3 Å². The van der Waals surface area contributed by atoms with Gasteiger partial charge < -0.3 is 19.7 Å². The number of hydrogen-bond acceptors (Lipinski definition) is 8. The van der Waals surface area contributed by atoms with Gasteiger partial charge in [0.15, 0.2) is 0 Å². The molecule has 2 aliphatic heterocycles. The Bertz CT molecular complexity index is 1120. The molecule has 2 N–H and O–H groups in total. The van der Waals surface area contributed by atoms with Crippen molar-refractivity contribution in [2.24, 2.45) is 0 Å². The van der Waals surface area contributed by atoms with Crippen molar-refractivity contribution in [3.05, 3.63) is 47.1 Å². The van der Waals surface area contributed by atoms with Crippen LogP contribution >= 0.6 is 11.3 Å². The quantitative estimate of drug-likeness (QED) is 0.509. The highest BCUT2D eigenvalue weighted by atomic mass is 32.1. The molecule has 222 valence electrons. The van der Waals surface area contributed by atoms with Gasteiger partial charge in [0.2, 0.25) is 0 Å². The van der Waals surface area contributed by atoms with Crippen molar-refractivity contribution in [3.8, 4) is 0 Å². The third kappa shape index (κ3) is 10.4. The first-order valence-corrected chi connectivity index (χ1v) is 12.1. The summed E-state index contributed by atoms with van der Waals surface area (Å²) in [6.45, 7) is 6.12. The maximum Gasteiger partial charge on any atom is 0.490 e. The summed E-state index contributed by atoms with van der Waals surface area (Å²) in [5.74, 6) is -5.50. The first-order valence-electron chi connectivity index (χ1n) is 11.3. The lowest BCUT2D eigenvalue weighted by molar-refractivity contribution is -0.193. The molecule has 4 rings (SSSR count). The predicted molar refractivity (Wildman–Crippen MR) is 128 cm³/mol. The maximum atomic E-state index is 12.4. The van der Waals surface area contributed by atoms with Crippen LogP contribution in [0.1, 0.15) is 10.6 Å². The Hall–Kier alpha value is -3.28. The van der Waals surface area contributed by atoms with E-state index < -0.39 is 29.9 Å². The van der Waals surface area contributed by atoms with Gasteiger partial charge in [-0.15, -0.1) is 11.3 Å². The number of halogens is 6. The second kappa shape index (κ2) is 13.9. The lowest BCUT2D eigenvalue weighted by atomic mass is 10.0. The number of nitrogens with zero attached hydrogens (tertiary/aromatic N) is 3. The van der Waals surface area contributed by atoms with E-state index >= 15 is 0 Å². The van der Waals surface area contributed by atoms with Gasteiger partial charge in [0.25, 0.3) is 5.91 Å². The zero-order valence-electron chi connectivity index (χ0n) is 20.9. The summed E-state index contributed by atoms with van der Waals surface area (Å²) in [6.07, 6.45) is -8.35. The number of morpholine rings is 1. The van der Waals surface area contributed by atoms with Gasteiger partial charge in [-0.25, -0.2) is 9.59 Å². The molecule has 0 radical (unpaired) electrons. The Kier molecular flexibility index (Phi) is 11.4. The van der Waals surface area contributed by atoms with Crippen molar-refractivity contribution in [1.29, 1.82) is 0 Å². The second-order valence-corrected chi connectivity index (χ2v) is 9.79. The predicted octanol–water partition coefficient (Wildman–Crippen LogP) is 3.35. The number of rotatable bonds is 3. The Balaban J connectivity index is 0.000000333. The second-order valence-electron chi connectivity index (χ2n) is 8.53. The third-order valence-electron chi connectivity index (χ3n) is 5.27. The summed E-state index contributed by atoms with van der Waals surface area (Å²) in [7, 11) is 0. The molecule has 2 aliphatic rings. The number of thiophene rings is 1. The van der Waals surface area contributed by atoms with E-state index in [-0.39, 0.29) is 12.5 Å². The number of pyridine rings is 1. The third-order valence-corrected chi connectivity index (χ3v) is 6.29. The molecule has 0 aliphatic carbocycles. The Morgan fingerprint density at radius 1 is 1.05 bits per heavy atom. The number of carbonyl (C=O) groups is 3. The number of aromatic nitrogens is 1. The number of carboxylic acids is 2. The van der Waals surface area contributed by atoms with Gasteiger partial charge in [0.1, 0.15) is 12.2 Å². The molecule has 2 fully saturated rings. The largest absolute Gasteiger partial charge is 0.490 e. The minimum Gasteiger partial charge on any atom is -0.475 e. The van der Waals surface area contributed by atoms with Crippen LogP contribution in [-0.4, -0.2) is 95.4 Å². The smallest absolute Gasteiger partial charge is 0.475 e. The number of carboxylic acid groups (broad SMARTS) is 2. The molecule has 17 heteroatoms. The summed E-state index contributed by atoms with van der Waals surface area (Å²) in [5, 5.41) is 15.2. The molecular formula is C23H25F6N3O7S. The highest BCUT2D eigenvalue weighted by Gasteiger charge is 2.44. The fraction of sp³-hybridized carbons (Fsp3) is 0.478. The monoisotopic (exact) mass is 601 g/mol. The van der Waals surface area contributed by atoms with Gasteiger partial charge in [-0.3, -0.25) is 19.6 Å². The van der Waals surface area contributed by atoms with Crippen LogP contribution in [0.4, 0.5) is 31.3 Å². The van der Waals surface area contributed by atoms with Gasteiger partial charge in [-0.05, 0) is 31.2 Å². The van der Waals surface area contributed by atoms with E-state index in [1.165, 1.54) is 4.88 Å². The fourth-order valence-corrected chi connectivity index (χ4v) is 4.38. The van der Waals surface area contributed by atoms with Gasteiger partial charge in [0.05, 0.1) is 30.5 Å². The molecule has 4 heterocycles. The minimum atomic E-state index is -5.08. The van der Waals surface area contributed by atoms with E-state index in [4.69, 9.17) is 29.3 Å². The standard InChI is InChI=1S/C19H23N3O3S.2C2HF3O2/c1-15-5-6-18(26-15)22-13-19(25-11-17(22)23)12-21(8-9-24-14-19)10-16-4-2-3-7-20-16;2*3-2(4,5)1(6)7/h2-7H,8-14H2,1H3;2*(H,6,7). The molecule has 2 aromatic rings. The van der Waals surface area contributed by atoms with Crippen LogP contribution in [0.2, 0.25) is 0 Å². The summed E-state index contributed by atoms with van der Waals surface area (Å²) < 4.78 is 75.4. The maximum absolute atomic E-state index is 12.4. The molecule has 0 bridgehead atoms. The number of anilines is 1. The first kappa shape index (κ1) is 32.9. The topological polar surface area (TPSA) is 130 Å². The number of aliphatic carboxylic acids is 2. The molecule has 0 aromatic carbocycles. The molecule has 1 unspecified atom stereocenters. The van der Waals surface area contributed by atoms with Crippen LogP contribution in [-0.2, 0) is 30.4 Å². The Morgan fingerprint density at radius 2 is 1.68 bits per heavy atom. The van der Waals surface area contributed by atoms with Crippen molar-refractivity contribution >= 4 is 34.2 Å². The first-order chi connectivity index (χ1) is 18.5. The molecule has 2 saturated heterocycles. The van der Waals surface area contributed by atoms with Crippen LogP contribution in [0.3, 0.4) is 0 Å². The van der Waals surface area contributed by atoms with Crippen LogP contribution in [0.5, 0.6) is 0 Å². The number of alkyl halides is 6. The van der Waals surface area contributed by atoms with E-state index in [0.717, 1.165) is 30.3 Å². The molecule has 0 saturated carbocycles. The van der Waals surface area contributed by atoms with Gasteiger partial charge in [-0.2, -0.15) is 26.3 Å². The number of hydrogen-bond donors (Lipinski definition) is 2. The van der Waals surface area contributed by atoms with Crippen molar-refractivity contribution in [2.45, 2.75) is 31.4 Å².